The molecule has 1 unspecified atom stereocenters. The van der Waals surface area contributed by atoms with Crippen molar-refractivity contribution in [3.8, 4) is 5.75 Å². The minimum Gasteiger partial charge on any atom is -0.506 e. The van der Waals surface area contributed by atoms with Gasteiger partial charge >= 0.3 is 0 Å². The van der Waals surface area contributed by atoms with Crippen LogP contribution in [0.3, 0.4) is 0 Å². The molecule has 19 heavy (non-hydrogen) atoms. The second kappa shape index (κ2) is 5.74. The van der Waals surface area contributed by atoms with Crippen molar-refractivity contribution < 1.29 is 9.32 Å². The molecule has 5 heteroatoms. The van der Waals surface area contributed by atoms with Gasteiger partial charge in [-0.15, -0.1) is 0 Å². The van der Waals surface area contributed by atoms with Crippen molar-refractivity contribution in [1.82, 2.24) is 5.32 Å². The second-order valence-electron chi connectivity index (χ2n) is 5.20. The van der Waals surface area contributed by atoms with E-state index in [1.807, 2.05) is 12.1 Å². The number of benzene rings is 1. The van der Waals surface area contributed by atoms with Gasteiger partial charge in [-0.25, -0.2) is 0 Å². The van der Waals surface area contributed by atoms with Crippen LogP contribution in [0.4, 0.5) is 0 Å². The summed E-state index contributed by atoms with van der Waals surface area (Å²) >= 11 is 0. The summed E-state index contributed by atoms with van der Waals surface area (Å²) in [7, 11) is -1.21. The number of nitrogens with one attached hydrogen (secondary N) is 1. The quantitative estimate of drug-likeness (QED) is 0.882. The van der Waals surface area contributed by atoms with Gasteiger partial charge in [0, 0.05) is 12.8 Å². The molecule has 0 aliphatic carbocycles. The zero-order valence-electron chi connectivity index (χ0n) is 11.6. The molecular formula is C14H20N2O2S. The van der Waals surface area contributed by atoms with Gasteiger partial charge < -0.3 is 10.4 Å². The molecular weight excluding hydrogens is 260 g/mol. The molecule has 4 nitrogen and oxygen atoms in total. The fourth-order valence-corrected chi connectivity index (χ4v) is 2.93. The van der Waals surface area contributed by atoms with Gasteiger partial charge in [0.2, 0.25) is 0 Å². The van der Waals surface area contributed by atoms with Crippen molar-refractivity contribution >= 4 is 16.6 Å². The highest BCUT2D eigenvalue weighted by Crippen LogP contribution is 2.29. The van der Waals surface area contributed by atoms with E-state index in [1.54, 1.807) is 6.26 Å². The lowest BCUT2D eigenvalue weighted by molar-refractivity contribution is 0.459. The lowest BCUT2D eigenvalue weighted by Crippen LogP contribution is -2.20. The Morgan fingerprint density at radius 2 is 2.21 bits per heavy atom. The predicted molar refractivity (Wildman–Crippen MR) is 78.4 cm³/mol. The molecule has 0 saturated heterocycles. The fourth-order valence-electron chi connectivity index (χ4n) is 2.23. The van der Waals surface area contributed by atoms with Crippen LogP contribution in [0.2, 0.25) is 0 Å². The molecule has 0 saturated carbocycles. The molecule has 0 fully saturated rings. The van der Waals surface area contributed by atoms with E-state index in [0.29, 0.717) is 28.8 Å². The summed E-state index contributed by atoms with van der Waals surface area (Å²) in [5, 5.41) is 13.4. The van der Waals surface area contributed by atoms with Crippen molar-refractivity contribution in [2.24, 2.45) is 10.9 Å². The third-order valence-corrected chi connectivity index (χ3v) is 3.95. The Bertz CT molecular complexity index is 538. The topological polar surface area (TPSA) is 61.7 Å². The SMILES string of the molecule is CC(C)Cc1cc(C2=NCCN2)c(O)c(S(C)=O)c1. The lowest BCUT2D eigenvalue weighted by atomic mass is 10.00. The molecule has 1 aliphatic rings. The van der Waals surface area contributed by atoms with Crippen molar-refractivity contribution in [3.05, 3.63) is 23.3 Å². The van der Waals surface area contributed by atoms with Crippen molar-refractivity contribution in [1.29, 1.82) is 0 Å². The van der Waals surface area contributed by atoms with Crippen LogP contribution in [0.25, 0.3) is 0 Å². The summed E-state index contributed by atoms with van der Waals surface area (Å²) in [4.78, 5) is 4.82. The van der Waals surface area contributed by atoms with E-state index in [-0.39, 0.29) is 5.75 Å². The van der Waals surface area contributed by atoms with E-state index in [4.69, 9.17) is 0 Å². The number of hydrogen-bond donors (Lipinski definition) is 2. The van der Waals surface area contributed by atoms with Gasteiger partial charge in [0.15, 0.2) is 0 Å². The van der Waals surface area contributed by atoms with Gasteiger partial charge in [0.05, 0.1) is 27.8 Å². The standard InChI is InChI=1S/C14H20N2O2S/c1-9(2)6-10-7-11(14-15-4-5-16-14)13(17)12(8-10)19(3)18/h7-9,17H,4-6H2,1-3H3,(H,15,16). The summed E-state index contributed by atoms with van der Waals surface area (Å²) in [5.74, 6) is 1.30. The van der Waals surface area contributed by atoms with E-state index in [0.717, 1.165) is 18.5 Å². The number of aliphatic imine (C=N–C) groups is 1. The van der Waals surface area contributed by atoms with E-state index < -0.39 is 10.8 Å². The highest BCUT2D eigenvalue weighted by Gasteiger charge is 2.18. The van der Waals surface area contributed by atoms with Crippen LogP contribution < -0.4 is 5.32 Å². The number of amidine groups is 1. The van der Waals surface area contributed by atoms with E-state index in [2.05, 4.69) is 24.2 Å². The first-order valence-electron chi connectivity index (χ1n) is 6.47. The number of aromatic hydroxyl groups is 1. The average molecular weight is 280 g/mol. The number of phenolic OH excluding ortho intramolecular Hbond substituents is 1. The first-order chi connectivity index (χ1) is 8.99. The molecule has 1 heterocycles. The molecule has 1 atom stereocenters. The van der Waals surface area contributed by atoms with Crippen LogP contribution in [0.15, 0.2) is 22.0 Å². The summed E-state index contributed by atoms with van der Waals surface area (Å²) in [6.45, 7) is 5.78. The fraction of sp³-hybridized carbons (Fsp3) is 0.500. The van der Waals surface area contributed by atoms with Gasteiger partial charge in [0.25, 0.3) is 0 Å². The van der Waals surface area contributed by atoms with Gasteiger partial charge in [0.1, 0.15) is 11.6 Å². The first kappa shape index (κ1) is 14.1. The molecule has 2 rings (SSSR count). The van der Waals surface area contributed by atoms with Crippen LogP contribution in [0.1, 0.15) is 25.0 Å². The molecule has 0 amide bonds. The summed E-state index contributed by atoms with van der Waals surface area (Å²) in [6.07, 6.45) is 2.48. The molecule has 0 aromatic heterocycles. The number of hydrogen-bond acceptors (Lipinski definition) is 4. The Morgan fingerprint density at radius 3 is 2.74 bits per heavy atom. The first-order valence-corrected chi connectivity index (χ1v) is 8.03. The monoisotopic (exact) mass is 280 g/mol. The Balaban J connectivity index is 2.51. The van der Waals surface area contributed by atoms with Gasteiger partial charge in [-0.05, 0) is 30.0 Å². The van der Waals surface area contributed by atoms with E-state index in [1.165, 1.54) is 0 Å². The van der Waals surface area contributed by atoms with Crippen molar-refractivity contribution in [2.75, 3.05) is 19.3 Å². The van der Waals surface area contributed by atoms with Crippen LogP contribution in [-0.4, -0.2) is 34.5 Å². The van der Waals surface area contributed by atoms with Crippen molar-refractivity contribution in [2.45, 2.75) is 25.2 Å². The molecule has 2 N–H and O–H groups in total. The number of rotatable bonds is 4. The maximum absolute atomic E-state index is 11.8. The van der Waals surface area contributed by atoms with Crippen LogP contribution >= 0.6 is 0 Å². The molecule has 0 radical (unpaired) electrons. The Hall–Kier alpha value is -1.36. The maximum Gasteiger partial charge on any atom is 0.142 e. The van der Waals surface area contributed by atoms with E-state index >= 15 is 0 Å². The molecule has 0 spiro atoms. The van der Waals surface area contributed by atoms with Crippen LogP contribution in [0.5, 0.6) is 5.75 Å². The molecule has 1 aromatic rings. The summed E-state index contributed by atoms with van der Waals surface area (Å²) in [5.41, 5.74) is 1.75. The minimum absolute atomic E-state index is 0.0847. The zero-order valence-corrected chi connectivity index (χ0v) is 12.4. The number of nitrogens with zero attached hydrogens (tertiary/aromatic N) is 1. The lowest BCUT2D eigenvalue weighted by Gasteiger charge is -2.13. The molecule has 1 aliphatic heterocycles. The zero-order chi connectivity index (χ0) is 14.0. The minimum atomic E-state index is -1.21. The average Bonchev–Trinajstić information content (AvgIpc) is 2.83. The van der Waals surface area contributed by atoms with Crippen molar-refractivity contribution in [3.63, 3.8) is 0 Å². The third kappa shape index (κ3) is 3.15. The van der Waals surface area contributed by atoms with Gasteiger partial charge in [-0.1, -0.05) is 13.8 Å². The van der Waals surface area contributed by atoms with E-state index in [9.17, 15) is 9.32 Å². The summed E-state index contributed by atoms with van der Waals surface area (Å²) in [6, 6.07) is 3.79. The Kier molecular flexibility index (Phi) is 4.24. The third-order valence-electron chi connectivity index (χ3n) is 3.02. The highest BCUT2D eigenvalue weighted by molar-refractivity contribution is 7.84. The van der Waals surface area contributed by atoms with Gasteiger partial charge in [-0.2, -0.15) is 0 Å². The maximum atomic E-state index is 11.8. The largest absolute Gasteiger partial charge is 0.506 e. The molecule has 1 aromatic carbocycles. The number of phenols is 1. The Labute approximate surface area is 116 Å². The smallest absolute Gasteiger partial charge is 0.142 e. The molecule has 104 valence electrons. The highest BCUT2D eigenvalue weighted by atomic mass is 32.2. The Morgan fingerprint density at radius 1 is 1.47 bits per heavy atom. The molecule has 0 bridgehead atoms. The van der Waals surface area contributed by atoms with Gasteiger partial charge in [-0.3, -0.25) is 9.20 Å². The van der Waals surface area contributed by atoms with Crippen LogP contribution in [0, 0.1) is 5.92 Å². The summed E-state index contributed by atoms with van der Waals surface area (Å²) < 4.78 is 11.8. The second-order valence-corrected chi connectivity index (χ2v) is 6.55. The normalized spacial score (nSPS) is 16.3. The van der Waals surface area contributed by atoms with Crippen LogP contribution in [-0.2, 0) is 17.2 Å². The predicted octanol–water partition coefficient (Wildman–Crippen LogP) is 1.68.